The second-order valence-electron chi connectivity index (χ2n) is 2.91. The molecule has 1 fully saturated rings. The zero-order valence-electron chi connectivity index (χ0n) is 6.38. The molecule has 4 nitrogen and oxygen atoms in total. The zero-order valence-corrected chi connectivity index (χ0v) is 6.38. The lowest BCUT2D eigenvalue weighted by Gasteiger charge is -2.17. The summed E-state index contributed by atoms with van der Waals surface area (Å²) in [6.45, 7) is 0. The van der Waals surface area contributed by atoms with Crippen molar-refractivity contribution in [2.45, 2.75) is 32.1 Å². The number of tetrazole rings is 1. The summed E-state index contributed by atoms with van der Waals surface area (Å²) in [6.07, 6.45) is 6.25. The Hall–Kier alpha value is -0.930. The number of aromatic nitrogens is 4. The van der Waals surface area contributed by atoms with Crippen molar-refractivity contribution in [1.29, 1.82) is 0 Å². The van der Waals surface area contributed by atoms with Gasteiger partial charge in [-0.05, 0) is 23.3 Å². The lowest BCUT2D eigenvalue weighted by atomic mass is 9.89. The van der Waals surface area contributed by atoms with Crippen LogP contribution >= 0.6 is 0 Å². The van der Waals surface area contributed by atoms with E-state index in [-0.39, 0.29) is 0 Å². The van der Waals surface area contributed by atoms with Crippen molar-refractivity contribution in [2.24, 2.45) is 0 Å². The first kappa shape index (κ1) is 6.76. The minimum Gasteiger partial charge on any atom is -0.242 e. The fourth-order valence-electron chi connectivity index (χ4n) is 1.52. The van der Waals surface area contributed by atoms with Gasteiger partial charge in [0.2, 0.25) is 0 Å². The smallest absolute Gasteiger partial charge is 0.155 e. The fraction of sp³-hybridized carbons (Fsp3) is 0.714. The maximum absolute atomic E-state index is 3.89. The van der Waals surface area contributed by atoms with Crippen molar-refractivity contribution >= 4 is 0 Å². The largest absolute Gasteiger partial charge is 0.242 e. The number of hydrogen-bond donors (Lipinski definition) is 1. The minimum atomic E-state index is 0.893. The Labute approximate surface area is 65.4 Å². The Morgan fingerprint density at radius 3 is 2.55 bits per heavy atom. The van der Waals surface area contributed by atoms with Crippen LogP contribution in [0.5, 0.6) is 0 Å². The van der Waals surface area contributed by atoms with Gasteiger partial charge in [-0.25, -0.2) is 5.10 Å². The van der Waals surface area contributed by atoms with Crippen molar-refractivity contribution in [3.05, 3.63) is 11.7 Å². The molecule has 59 valence electrons. The average Bonchev–Trinajstić information content (AvgIpc) is 2.58. The zero-order chi connectivity index (χ0) is 7.52. The Morgan fingerprint density at radius 1 is 1.09 bits per heavy atom. The molecule has 0 saturated heterocycles. The number of aromatic amines is 1. The summed E-state index contributed by atoms with van der Waals surface area (Å²) >= 11 is 0. The van der Waals surface area contributed by atoms with Crippen LogP contribution in [0, 0.1) is 5.92 Å². The number of nitrogens with zero attached hydrogens (tertiary/aromatic N) is 3. The third-order valence-corrected chi connectivity index (χ3v) is 2.14. The van der Waals surface area contributed by atoms with Crippen LogP contribution in [0.25, 0.3) is 0 Å². The number of hydrogen-bond acceptors (Lipinski definition) is 3. The van der Waals surface area contributed by atoms with Crippen molar-refractivity contribution in [3.8, 4) is 0 Å². The van der Waals surface area contributed by atoms with Gasteiger partial charge in [-0.3, -0.25) is 0 Å². The Morgan fingerprint density at radius 2 is 1.91 bits per heavy atom. The molecule has 0 bridgehead atoms. The predicted octanol–water partition coefficient (Wildman–Crippen LogP) is 1.09. The highest BCUT2D eigenvalue weighted by Crippen LogP contribution is 2.28. The quantitative estimate of drug-likeness (QED) is 0.653. The minimum absolute atomic E-state index is 0.893. The SMILES string of the molecule is C1CC[C](c2nnn[nH]2)CC1. The maximum Gasteiger partial charge on any atom is 0.155 e. The Kier molecular flexibility index (Phi) is 1.83. The van der Waals surface area contributed by atoms with Gasteiger partial charge in [0.05, 0.1) is 0 Å². The molecule has 1 heterocycles. The van der Waals surface area contributed by atoms with E-state index >= 15 is 0 Å². The lowest BCUT2D eigenvalue weighted by Crippen LogP contribution is -2.07. The van der Waals surface area contributed by atoms with Crippen molar-refractivity contribution in [3.63, 3.8) is 0 Å². The van der Waals surface area contributed by atoms with Gasteiger partial charge >= 0.3 is 0 Å². The van der Waals surface area contributed by atoms with Gasteiger partial charge in [0.15, 0.2) is 5.82 Å². The van der Waals surface area contributed by atoms with Gasteiger partial charge in [-0.1, -0.05) is 19.3 Å². The average molecular weight is 151 g/mol. The van der Waals surface area contributed by atoms with E-state index in [1.165, 1.54) is 25.2 Å². The molecule has 1 N–H and O–H groups in total. The fourth-order valence-corrected chi connectivity index (χ4v) is 1.52. The van der Waals surface area contributed by atoms with E-state index < -0.39 is 0 Å². The monoisotopic (exact) mass is 151 g/mol. The van der Waals surface area contributed by atoms with Gasteiger partial charge in [0.25, 0.3) is 0 Å². The second-order valence-corrected chi connectivity index (χ2v) is 2.91. The molecule has 1 saturated carbocycles. The maximum atomic E-state index is 3.89. The Balaban J connectivity index is 2.04. The van der Waals surface area contributed by atoms with Crippen LogP contribution < -0.4 is 0 Å². The van der Waals surface area contributed by atoms with E-state index in [1.54, 1.807) is 0 Å². The van der Waals surface area contributed by atoms with E-state index in [2.05, 4.69) is 20.6 Å². The first-order valence-corrected chi connectivity index (χ1v) is 4.05. The van der Waals surface area contributed by atoms with Gasteiger partial charge in [-0.2, -0.15) is 0 Å². The molecule has 0 atom stereocenters. The topological polar surface area (TPSA) is 54.5 Å². The third-order valence-electron chi connectivity index (χ3n) is 2.14. The Bertz CT molecular complexity index is 200. The van der Waals surface area contributed by atoms with E-state index in [0.29, 0.717) is 0 Å². The highest BCUT2D eigenvalue weighted by Gasteiger charge is 2.18. The molecule has 0 aliphatic heterocycles. The van der Waals surface area contributed by atoms with E-state index in [9.17, 15) is 0 Å². The molecule has 1 aliphatic carbocycles. The summed E-state index contributed by atoms with van der Waals surface area (Å²) < 4.78 is 0. The summed E-state index contributed by atoms with van der Waals surface area (Å²) in [7, 11) is 0. The normalized spacial score (nSPS) is 20.4. The summed E-state index contributed by atoms with van der Waals surface area (Å²) in [5.41, 5.74) is 0. The highest BCUT2D eigenvalue weighted by molar-refractivity contribution is 5.12. The number of rotatable bonds is 1. The van der Waals surface area contributed by atoms with Crippen molar-refractivity contribution in [2.75, 3.05) is 0 Å². The molecule has 1 aromatic rings. The molecule has 0 spiro atoms. The van der Waals surface area contributed by atoms with E-state index in [0.717, 1.165) is 18.7 Å². The van der Waals surface area contributed by atoms with Crippen molar-refractivity contribution < 1.29 is 0 Å². The predicted molar refractivity (Wildman–Crippen MR) is 39.6 cm³/mol. The molecule has 1 aliphatic rings. The summed E-state index contributed by atoms with van der Waals surface area (Å²) in [6, 6.07) is 0. The van der Waals surface area contributed by atoms with Crippen LogP contribution in [0.1, 0.15) is 37.9 Å². The molecular weight excluding hydrogens is 140 g/mol. The first-order chi connectivity index (χ1) is 5.47. The van der Waals surface area contributed by atoms with E-state index in [4.69, 9.17) is 0 Å². The van der Waals surface area contributed by atoms with Gasteiger partial charge in [-0.15, -0.1) is 5.10 Å². The molecule has 2 rings (SSSR count). The molecule has 1 aromatic heterocycles. The summed E-state index contributed by atoms with van der Waals surface area (Å²) in [5, 5.41) is 13.8. The van der Waals surface area contributed by atoms with Crippen LogP contribution in [0.3, 0.4) is 0 Å². The summed E-state index contributed by atoms with van der Waals surface area (Å²) in [4.78, 5) is 0. The molecule has 1 radical (unpaired) electrons. The molecule has 4 heteroatoms. The van der Waals surface area contributed by atoms with Crippen LogP contribution in [0.2, 0.25) is 0 Å². The molecule has 0 unspecified atom stereocenters. The van der Waals surface area contributed by atoms with Gasteiger partial charge < -0.3 is 0 Å². The molecule has 0 amide bonds. The molecule has 11 heavy (non-hydrogen) atoms. The van der Waals surface area contributed by atoms with Gasteiger partial charge in [0, 0.05) is 5.92 Å². The van der Waals surface area contributed by atoms with Gasteiger partial charge in [0.1, 0.15) is 0 Å². The standard InChI is InChI=1S/C7H11N4/c1-2-4-6(5-3-1)7-8-10-11-9-7/h1-5H2,(H,8,9,10,11). The number of H-pyrrole nitrogens is 1. The summed E-state index contributed by atoms with van der Waals surface area (Å²) in [5.74, 6) is 2.28. The van der Waals surface area contributed by atoms with E-state index in [1.807, 2.05) is 0 Å². The number of nitrogens with one attached hydrogen (secondary N) is 1. The van der Waals surface area contributed by atoms with Crippen LogP contribution in [-0.4, -0.2) is 20.6 Å². The first-order valence-electron chi connectivity index (χ1n) is 4.05. The van der Waals surface area contributed by atoms with Crippen LogP contribution in [-0.2, 0) is 0 Å². The third kappa shape index (κ3) is 1.39. The van der Waals surface area contributed by atoms with Crippen molar-refractivity contribution in [1.82, 2.24) is 20.6 Å². The molecule has 0 aromatic carbocycles. The molecular formula is C7H11N4. The highest BCUT2D eigenvalue weighted by atomic mass is 15.5. The lowest BCUT2D eigenvalue weighted by molar-refractivity contribution is 0.540. The van der Waals surface area contributed by atoms with Crippen LogP contribution in [0.4, 0.5) is 0 Å². The second kappa shape index (κ2) is 2.98. The van der Waals surface area contributed by atoms with Crippen LogP contribution in [0.15, 0.2) is 0 Å².